The van der Waals surface area contributed by atoms with Gasteiger partial charge < -0.3 is 19.5 Å². The minimum atomic E-state index is -1.06. The number of aliphatic carboxylic acids is 1. The molecule has 0 unspecified atom stereocenters. The van der Waals surface area contributed by atoms with E-state index < -0.39 is 5.97 Å². The number of ether oxygens (including phenoxy) is 2. The monoisotopic (exact) mass is 295 g/mol. The Kier molecular flexibility index (Phi) is 6.52. The van der Waals surface area contributed by atoms with Crippen LogP contribution in [-0.2, 0) is 4.79 Å². The lowest BCUT2D eigenvalue weighted by Gasteiger charge is -2.16. The lowest BCUT2D eigenvalue weighted by Crippen LogP contribution is -2.31. The van der Waals surface area contributed by atoms with Crippen LogP contribution < -0.4 is 9.47 Å². The van der Waals surface area contributed by atoms with Crippen molar-refractivity contribution < 1.29 is 24.2 Å². The second-order valence-corrected chi connectivity index (χ2v) is 4.62. The van der Waals surface area contributed by atoms with E-state index in [0.717, 1.165) is 17.7 Å². The van der Waals surface area contributed by atoms with Gasteiger partial charge >= 0.3 is 5.97 Å². The number of amides is 1. The number of nitrogens with zero attached hydrogens (tertiary/aromatic N) is 1. The van der Waals surface area contributed by atoms with E-state index >= 15 is 0 Å². The van der Waals surface area contributed by atoms with Gasteiger partial charge in [0.05, 0.1) is 13.7 Å². The standard InChI is InChI=1S/C15H21NO5/c1-4-5-8-21-12-7-6-11(9-13(12)20-3)15(19)16(2)10-14(17)18/h6-7,9H,4-5,8,10H2,1-3H3,(H,17,18). The highest BCUT2D eigenvalue weighted by atomic mass is 16.5. The fourth-order valence-electron chi connectivity index (χ4n) is 1.74. The van der Waals surface area contributed by atoms with Crippen molar-refractivity contribution in [1.29, 1.82) is 0 Å². The summed E-state index contributed by atoms with van der Waals surface area (Å²) in [7, 11) is 2.94. The third kappa shape index (κ3) is 4.98. The number of hydrogen-bond acceptors (Lipinski definition) is 4. The van der Waals surface area contributed by atoms with Crippen LogP contribution in [0.15, 0.2) is 18.2 Å². The summed E-state index contributed by atoms with van der Waals surface area (Å²) in [6, 6.07) is 4.82. The van der Waals surface area contributed by atoms with Crippen molar-refractivity contribution in [2.45, 2.75) is 19.8 Å². The smallest absolute Gasteiger partial charge is 0.323 e. The van der Waals surface area contributed by atoms with Crippen LogP contribution in [0.5, 0.6) is 11.5 Å². The van der Waals surface area contributed by atoms with Crippen molar-refractivity contribution in [2.24, 2.45) is 0 Å². The number of benzene rings is 1. The molecule has 1 N–H and O–H groups in total. The molecular formula is C15H21NO5. The average Bonchev–Trinajstić information content (AvgIpc) is 2.46. The number of carboxylic acid groups (broad SMARTS) is 1. The van der Waals surface area contributed by atoms with Gasteiger partial charge in [0.1, 0.15) is 6.54 Å². The van der Waals surface area contributed by atoms with Crippen molar-refractivity contribution in [3.63, 3.8) is 0 Å². The molecule has 0 heterocycles. The Morgan fingerprint density at radius 1 is 1.29 bits per heavy atom. The maximum absolute atomic E-state index is 12.1. The lowest BCUT2D eigenvalue weighted by molar-refractivity contribution is -0.137. The molecule has 0 saturated heterocycles. The Balaban J connectivity index is 2.85. The van der Waals surface area contributed by atoms with Crippen molar-refractivity contribution in [1.82, 2.24) is 4.90 Å². The highest BCUT2D eigenvalue weighted by molar-refractivity contribution is 5.96. The van der Waals surface area contributed by atoms with E-state index in [1.165, 1.54) is 14.2 Å². The molecule has 1 aromatic rings. The van der Waals surface area contributed by atoms with E-state index in [2.05, 4.69) is 6.92 Å². The number of carboxylic acids is 1. The van der Waals surface area contributed by atoms with Crippen molar-refractivity contribution >= 4 is 11.9 Å². The van der Waals surface area contributed by atoms with Gasteiger partial charge in [0.15, 0.2) is 11.5 Å². The van der Waals surface area contributed by atoms with Crippen LogP contribution in [0, 0.1) is 0 Å². The largest absolute Gasteiger partial charge is 0.493 e. The zero-order valence-corrected chi connectivity index (χ0v) is 12.6. The molecule has 0 radical (unpaired) electrons. The van der Waals surface area contributed by atoms with E-state index in [1.807, 2.05) is 0 Å². The van der Waals surface area contributed by atoms with Crippen molar-refractivity contribution in [2.75, 3.05) is 27.3 Å². The first-order valence-electron chi connectivity index (χ1n) is 6.77. The molecule has 0 bridgehead atoms. The second kappa shape index (κ2) is 8.14. The van der Waals surface area contributed by atoms with Crippen LogP contribution in [-0.4, -0.2) is 49.2 Å². The fourth-order valence-corrected chi connectivity index (χ4v) is 1.74. The summed E-state index contributed by atoms with van der Waals surface area (Å²) in [4.78, 5) is 23.9. The number of likely N-dealkylation sites (N-methyl/N-ethyl adjacent to an activating group) is 1. The van der Waals surface area contributed by atoms with Gasteiger partial charge in [-0.25, -0.2) is 0 Å². The molecule has 0 spiro atoms. The molecule has 116 valence electrons. The van der Waals surface area contributed by atoms with E-state index in [9.17, 15) is 9.59 Å². The Morgan fingerprint density at radius 3 is 2.57 bits per heavy atom. The molecule has 1 amide bonds. The Hall–Kier alpha value is -2.24. The summed E-state index contributed by atoms with van der Waals surface area (Å²) < 4.78 is 10.8. The lowest BCUT2D eigenvalue weighted by atomic mass is 10.1. The van der Waals surface area contributed by atoms with Gasteiger partial charge in [0.2, 0.25) is 0 Å². The predicted molar refractivity (Wildman–Crippen MR) is 78.0 cm³/mol. The minimum absolute atomic E-state index is 0.351. The topological polar surface area (TPSA) is 76.1 Å². The molecule has 1 aromatic carbocycles. The molecule has 0 atom stereocenters. The van der Waals surface area contributed by atoms with Crippen molar-refractivity contribution in [3.05, 3.63) is 23.8 Å². The van der Waals surface area contributed by atoms with Gasteiger partial charge in [0, 0.05) is 12.6 Å². The third-order valence-corrected chi connectivity index (χ3v) is 2.89. The Bertz CT molecular complexity index is 501. The number of rotatable bonds is 8. The maximum Gasteiger partial charge on any atom is 0.323 e. The van der Waals surface area contributed by atoms with Gasteiger partial charge in [-0.3, -0.25) is 9.59 Å². The molecule has 21 heavy (non-hydrogen) atoms. The highest BCUT2D eigenvalue weighted by Crippen LogP contribution is 2.28. The summed E-state index contributed by atoms with van der Waals surface area (Å²) in [5, 5.41) is 8.71. The van der Waals surface area contributed by atoms with E-state index in [0.29, 0.717) is 23.7 Å². The zero-order valence-electron chi connectivity index (χ0n) is 12.6. The second-order valence-electron chi connectivity index (χ2n) is 4.62. The van der Waals surface area contributed by atoms with Gasteiger partial charge in [-0.1, -0.05) is 13.3 Å². The summed E-state index contributed by atoms with van der Waals surface area (Å²) >= 11 is 0. The van der Waals surface area contributed by atoms with Crippen molar-refractivity contribution in [3.8, 4) is 11.5 Å². The number of unbranched alkanes of at least 4 members (excludes halogenated alkanes) is 1. The van der Waals surface area contributed by atoms with Crippen LogP contribution in [0.25, 0.3) is 0 Å². The predicted octanol–water partition coefficient (Wildman–Crippen LogP) is 2.03. The highest BCUT2D eigenvalue weighted by Gasteiger charge is 2.16. The Labute approximate surface area is 124 Å². The van der Waals surface area contributed by atoms with Gasteiger partial charge in [0.25, 0.3) is 5.91 Å². The molecule has 0 aromatic heterocycles. The average molecular weight is 295 g/mol. The maximum atomic E-state index is 12.1. The quantitative estimate of drug-likeness (QED) is 0.743. The summed E-state index contributed by atoms with van der Waals surface area (Å²) in [6.07, 6.45) is 1.96. The SMILES string of the molecule is CCCCOc1ccc(C(=O)N(C)CC(=O)O)cc1OC. The van der Waals surface area contributed by atoms with Gasteiger partial charge in [-0.05, 0) is 24.6 Å². The first kappa shape index (κ1) is 16.8. The summed E-state index contributed by atoms with van der Waals surface area (Å²) in [5.74, 6) is -0.405. The third-order valence-electron chi connectivity index (χ3n) is 2.89. The molecule has 1 rings (SSSR count). The number of carbonyl (C=O) groups excluding carboxylic acids is 1. The first-order valence-corrected chi connectivity index (χ1v) is 6.77. The zero-order chi connectivity index (χ0) is 15.8. The number of methoxy groups -OCH3 is 1. The summed E-state index contributed by atoms with van der Waals surface area (Å²) in [5.41, 5.74) is 0.360. The van der Waals surface area contributed by atoms with Crippen LogP contribution in [0.4, 0.5) is 0 Å². The van der Waals surface area contributed by atoms with Gasteiger partial charge in [-0.2, -0.15) is 0 Å². The molecule has 0 saturated carbocycles. The van der Waals surface area contributed by atoms with Gasteiger partial charge in [-0.15, -0.1) is 0 Å². The minimum Gasteiger partial charge on any atom is -0.493 e. The van der Waals surface area contributed by atoms with Crippen LogP contribution >= 0.6 is 0 Å². The molecule has 0 aliphatic carbocycles. The number of hydrogen-bond donors (Lipinski definition) is 1. The fraction of sp³-hybridized carbons (Fsp3) is 0.467. The normalized spacial score (nSPS) is 10.0. The molecule has 0 aliphatic rings. The van der Waals surface area contributed by atoms with E-state index in [4.69, 9.17) is 14.6 Å². The molecule has 0 aliphatic heterocycles. The van der Waals surface area contributed by atoms with Crippen LogP contribution in [0.1, 0.15) is 30.1 Å². The first-order chi connectivity index (χ1) is 9.99. The molecule has 6 heteroatoms. The van der Waals surface area contributed by atoms with E-state index in [1.54, 1.807) is 18.2 Å². The van der Waals surface area contributed by atoms with E-state index in [-0.39, 0.29) is 12.5 Å². The Morgan fingerprint density at radius 2 is 2.00 bits per heavy atom. The van der Waals surface area contributed by atoms with Crippen LogP contribution in [0.2, 0.25) is 0 Å². The molecular weight excluding hydrogens is 274 g/mol. The number of carbonyl (C=O) groups is 2. The van der Waals surface area contributed by atoms with Crippen LogP contribution in [0.3, 0.4) is 0 Å². The molecule has 0 fully saturated rings. The summed E-state index contributed by atoms with van der Waals surface area (Å²) in [6.45, 7) is 2.30. The molecule has 6 nitrogen and oxygen atoms in total.